The van der Waals surface area contributed by atoms with Crippen molar-refractivity contribution in [2.75, 3.05) is 25.1 Å². The second kappa shape index (κ2) is 7.78. The molecular weight excluding hydrogens is 298 g/mol. The van der Waals surface area contributed by atoms with Crippen LogP contribution < -0.4 is 4.90 Å². The zero-order valence-electron chi connectivity index (χ0n) is 12.4. The lowest BCUT2D eigenvalue weighted by molar-refractivity contribution is 0.104. The molecule has 0 heterocycles. The van der Waals surface area contributed by atoms with Crippen LogP contribution in [0, 0.1) is 0 Å². The molecule has 0 amide bonds. The summed E-state index contributed by atoms with van der Waals surface area (Å²) in [5, 5.41) is 9.54. The minimum Gasteiger partial charge on any atom is -0.395 e. The van der Waals surface area contributed by atoms with E-state index in [0.29, 0.717) is 17.1 Å². The predicted octanol–water partition coefficient (Wildman–Crippen LogP) is 3.66. The van der Waals surface area contributed by atoms with Crippen LogP contribution in [-0.4, -0.2) is 31.1 Å². The van der Waals surface area contributed by atoms with Crippen molar-refractivity contribution in [1.82, 2.24) is 0 Å². The van der Waals surface area contributed by atoms with E-state index in [4.69, 9.17) is 16.7 Å². The molecule has 0 aromatic heterocycles. The number of rotatable bonds is 6. The molecule has 0 saturated heterocycles. The summed E-state index contributed by atoms with van der Waals surface area (Å²) in [5.41, 5.74) is 2.58. The lowest BCUT2D eigenvalue weighted by Crippen LogP contribution is -2.20. The van der Waals surface area contributed by atoms with Gasteiger partial charge in [-0.2, -0.15) is 0 Å². The van der Waals surface area contributed by atoms with Gasteiger partial charge in [0.05, 0.1) is 6.61 Å². The highest BCUT2D eigenvalue weighted by Gasteiger charge is 2.02. The van der Waals surface area contributed by atoms with Crippen molar-refractivity contribution in [1.29, 1.82) is 0 Å². The maximum absolute atomic E-state index is 12.0. The van der Waals surface area contributed by atoms with Gasteiger partial charge in [-0.05, 0) is 48.0 Å². The molecule has 0 aliphatic carbocycles. The topological polar surface area (TPSA) is 40.5 Å². The van der Waals surface area contributed by atoms with E-state index < -0.39 is 0 Å². The normalized spacial score (nSPS) is 10.9. The molecule has 22 heavy (non-hydrogen) atoms. The lowest BCUT2D eigenvalue weighted by atomic mass is 10.1. The molecule has 114 valence electrons. The van der Waals surface area contributed by atoms with E-state index in [1.54, 1.807) is 36.4 Å². The summed E-state index contributed by atoms with van der Waals surface area (Å²) in [6.07, 6.45) is 3.34. The maximum Gasteiger partial charge on any atom is 0.185 e. The van der Waals surface area contributed by atoms with E-state index in [1.165, 1.54) is 0 Å². The summed E-state index contributed by atoms with van der Waals surface area (Å²) < 4.78 is 0. The van der Waals surface area contributed by atoms with Crippen LogP contribution in [0.25, 0.3) is 6.08 Å². The number of halogens is 1. The molecule has 0 spiro atoms. The van der Waals surface area contributed by atoms with Crippen LogP contribution in [-0.2, 0) is 0 Å². The lowest BCUT2D eigenvalue weighted by Gasteiger charge is -2.17. The van der Waals surface area contributed by atoms with Crippen LogP contribution in [0.15, 0.2) is 54.6 Å². The van der Waals surface area contributed by atoms with Crippen LogP contribution in [0.5, 0.6) is 0 Å². The molecule has 2 rings (SSSR count). The van der Waals surface area contributed by atoms with Crippen molar-refractivity contribution in [3.8, 4) is 0 Å². The Kier molecular flexibility index (Phi) is 5.75. The first-order valence-electron chi connectivity index (χ1n) is 7.00. The standard InChI is InChI=1S/C18H18ClNO2/c1-20(12-13-21)17-9-2-14(3-10-17)4-11-18(22)15-5-7-16(19)8-6-15/h2-11,21H,12-13H2,1H3. The van der Waals surface area contributed by atoms with E-state index in [1.807, 2.05) is 36.2 Å². The van der Waals surface area contributed by atoms with Gasteiger partial charge in [0.15, 0.2) is 5.78 Å². The molecule has 2 aromatic carbocycles. The molecule has 0 aliphatic heterocycles. The summed E-state index contributed by atoms with van der Waals surface area (Å²) in [4.78, 5) is 14.0. The summed E-state index contributed by atoms with van der Waals surface area (Å²) in [6.45, 7) is 0.706. The third-order valence-electron chi connectivity index (χ3n) is 3.33. The fourth-order valence-electron chi connectivity index (χ4n) is 2.00. The van der Waals surface area contributed by atoms with Gasteiger partial charge in [0.25, 0.3) is 0 Å². The predicted molar refractivity (Wildman–Crippen MR) is 91.6 cm³/mol. The number of carbonyl (C=O) groups excluding carboxylic acids is 1. The second-order valence-corrected chi connectivity index (χ2v) is 5.38. The number of aliphatic hydroxyl groups excluding tert-OH is 1. The molecule has 0 bridgehead atoms. The van der Waals surface area contributed by atoms with Gasteiger partial charge in [-0.25, -0.2) is 0 Å². The van der Waals surface area contributed by atoms with E-state index in [-0.39, 0.29) is 12.4 Å². The van der Waals surface area contributed by atoms with E-state index in [0.717, 1.165) is 11.3 Å². The second-order valence-electron chi connectivity index (χ2n) is 4.94. The van der Waals surface area contributed by atoms with Crippen LogP contribution >= 0.6 is 11.6 Å². The van der Waals surface area contributed by atoms with E-state index in [2.05, 4.69) is 0 Å². The number of benzene rings is 2. The molecule has 1 N–H and O–H groups in total. The Morgan fingerprint density at radius 1 is 1.14 bits per heavy atom. The molecule has 4 heteroatoms. The smallest absolute Gasteiger partial charge is 0.185 e. The minimum absolute atomic E-state index is 0.0573. The number of aliphatic hydroxyl groups is 1. The van der Waals surface area contributed by atoms with Crippen molar-refractivity contribution >= 4 is 29.1 Å². The zero-order chi connectivity index (χ0) is 15.9. The maximum atomic E-state index is 12.0. The Morgan fingerprint density at radius 3 is 2.36 bits per heavy atom. The number of nitrogens with zero attached hydrogens (tertiary/aromatic N) is 1. The molecule has 3 nitrogen and oxygen atoms in total. The fraction of sp³-hybridized carbons (Fsp3) is 0.167. The highest BCUT2D eigenvalue weighted by Crippen LogP contribution is 2.15. The van der Waals surface area contributed by atoms with Gasteiger partial charge in [0, 0.05) is 29.9 Å². The Balaban J connectivity index is 2.03. The molecule has 2 aromatic rings. The largest absolute Gasteiger partial charge is 0.395 e. The number of hydrogen-bond donors (Lipinski definition) is 1. The number of ketones is 1. The number of allylic oxidation sites excluding steroid dienone is 1. The van der Waals surface area contributed by atoms with Crippen molar-refractivity contribution in [3.63, 3.8) is 0 Å². The van der Waals surface area contributed by atoms with E-state index >= 15 is 0 Å². The fourth-order valence-corrected chi connectivity index (χ4v) is 2.13. The van der Waals surface area contributed by atoms with E-state index in [9.17, 15) is 4.79 Å². The monoisotopic (exact) mass is 315 g/mol. The van der Waals surface area contributed by atoms with Gasteiger partial charge < -0.3 is 10.0 Å². The molecule has 0 atom stereocenters. The molecule has 0 aliphatic rings. The Bertz CT molecular complexity index is 648. The number of carbonyl (C=O) groups is 1. The average molecular weight is 316 g/mol. The van der Waals surface area contributed by atoms with Crippen molar-refractivity contribution in [2.24, 2.45) is 0 Å². The highest BCUT2D eigenvalue weighted by molar-refractivity contribution is 6.30. The van der Waals surface area contributed by atoms with Gasteiger partial charge >= 0.3 is 0 Å². The van der Waals surface area contributed by atoms with Crippen molar-refractivity contribution in [2.45, 2.75) is 0 Å². The van der Waals surface area contributed by atoms with Gasteiger partial charge in [-0.1, -0.05) is 29.8 Å². The SMILES string of the molecule is CN(CCO)c1ccc(C=CC(=O)c2ccc(Cl)cc2)cc1. The van der Waals surface area contributed by atoms with Gasteiger partial charge in [0.2, 0.25) is 0 Å². The average Bonchev–Trinajstić information content (AvgIpc) is 2.54. The van der Waals surface area contributed by atoms with Gasteiger partial charge in [-0.3, -0.25) is 4.79 Å². The molecule has 0 fully saturated rings. The Hall–Kier alpha value is -2.10. The summed E-state index contributed by atoms with van der Waals surface area (Å²) in [6, 6.07) is 14.6. The van der Waals surface area contributed by atoms with Crippen LogP contribution in [0.1, 0.15) is 15.9 Å². The van der Waals surface area contributed by atoms with Crippen LogP contribution in [0.3, 0.4) is 0 Å². The minimum atomic E-state index is -0.0573. The summed E-state index contributed by atoms with van der Waals surface area (Å²) in [5.74, 6) is -0.0573. The Morgan fingerprint density at radius 2 is 1.77 bits per heavy atom. The first-order valence-corrected chi connectivity index (χ1v) is 7.38. The zero-order valence-corrected chi connectivity index (χ0v) is 13.1. The van der Waals surface area contributed by atoms with Crippen LogP contribution in [0.2, 0.25) is 5.02 Å². The highest BCUT2D eigenvalue weighted by atomic mass is 35.5. The first kappa shape index (κ1) is 16.3. The first-order chi connectivity index (χ1) is 10.6. The molecule has 0 unspecified atom stereocenters. The molecular formula is C18H18ClNO2. The number of anilines is 1. The third-order valence-corrected chi connectivity index (χ3v) is 3.58. The third kappa shape index (κ3) is 4.45. The van der Waals surface area contributed by atoms with Gasteiger partial charge in [0.1, 0.15) is 0 Å². The van der Waals surface area contributed by atoms with Gasteiger partial charge in [-0.15, -0.1) is 0 Å². The molecule has 0 radical (unpaired) electrons. The summed E-state index contributed by atoms with van der Waals surface area (Å²) in [7, 11) is 1.92. The van der Waals surface area contributed by atoms with Crippen molar-refractivity contribution < 1.29 is 9.90 Å². The number of hydrogen-bond acceptors (Lipinski definition) is 3. The van der Waals surface area contributed by atoms with Crippen molar-refractivity contribution in [3.05, 3.63) is 70.8 Å². The number of likely N-dealkylation sites (N-methyl/N-ethyl adjacent to an activating group) is 1. The quantitative estimate of drug-likeness (QED) is 0.653. The molecule has 0 saturated carbocycles. The summed E-state index contributed by atoms with van der Waals surface area (Å²) >= 11 is 5.80. The Labute approximate surface area is 135 Å². The van der Waals surface area contributed by atoms with Crippen LogP contribution in [0.4, 0.5) is 5.69 Å².